The molecule has 0 saturated carbocycles. The molecule has 17 heavy (non-hydrogen) atoms. The van der Waals surface area contributed by atoms with Gasteiger partial charge in [-0.25, -0.2) is 0 Å². The molecule has 6 heteroatoms. The molecule has 0 spiro atoms. The molecule has 1 N–H and O–H groups in total. The zero-order chi connectivity index (χ0) is 12.8. The lowest BCUT2D eigenvalue weighted by Gasteiger charge is -2.23. The third kappa shape index (κ3) is 3.39. The Hall–Kier alpha value is -1.17. The molecule has 0 amide bonds. The normalized spacial score (nSPS) is 10.4. The van der Waals surface area contributed by atoms with Gasteiger partial charge in [0.25, 0.3) is 0 Å². The van der Waals surface area contributed by atoms with Crippen LogP contribution >= 0.6 is 12.2 Å². The summed E-state index contributed by atoms with van der Waals surface area (Å²) in [6, 6.07) is 0. The van der Waals surface area contributed by atoms with Crippen LogP contribution in [-0.2, 0) is 0 Å². The molecule has 0 saturated heterocycles. The minimum atomic E-state index is 0.396. The van der Waals surface area contributed by atoms with E-state index in [1.54, 1.807) is 0 Å². The lowest BCUT2D eigenvalue weighted by atomic mass is 10.5. The lowest BCUT2D eigenvalue weighted by molar-refractivity contribution is 0.772. The highest BCUT2D eigenvalue weighted by atomic mass is 32.1. The fourth-order valence-corrected chi connectivity index (χ4v) is 1.88. The third-order valence-electron chi connectivity index (χ3n) is 2.75. The maximum Gasteiger partial charge on any atom is 0.225 e. The standard InChI is InChI=1S/C11H21N5S/c1-5-15(6-2)9-12-10(14-11(17)13-9)16(7-3)8-4/h5-8H2,1-4H3,(H,12,13,14,17). The molecular formula is C11H21N5S. The first-order valence-corrected chi connectivity index (χ1v) is 6.55. The number of aromatic amines is 1. The van der Waals surface area contributed by atoms with Crippen LogP contribution < -0.4 is 9.80 Å². The van der Waals surface area contributed by atoms with Crippen LogP contribution in [0.15, 0.2) is 0 Å². The number of anilines is 2. The molecule has 1 rings (SSSR count). The van der Waals surface area contributed by atoms with Crippen molar-refractivity contribution < 1.29 is 0 Å². The molecule has 0 fully saturated rings. The van der Waals surface area contributed by atoms with Gasteiger partial charge in [-0.15, -0.1) is 0 Å². The second kappa shape index (κ2) is 6.54. The van der Waals surface area contributed by atoms with Crippen molar-refractivity contribution in [1.29, 1.82) is 0 Å². The van der Waals surface area contributed by atoms with Gasteiger partial charge in [0.15, 0.2) is 0 Å². The van der Waals surface area contributed by atoms with Gasteiger partial charge in [-0.1, -0.05) is 0 Å². The molecule has 0 atom stereocenters. The summed E-state index contributed by atoms with van der Waals surface area (Å²) in [6.45, 7) is 12.0. The predicted octanol–water partition coefficient (Wildman–Crippen LogP) is 2.23. The summed E-state index contributed by atoms with van der Waals surface area (Å²) in [4.78, 5) is 16.1. The number of rotatable bonds is 6. The Balaban J connectivity index is 3.13. The topological polar surface area (TPSA) is 48.1 Å². The smallest absolute Gasteiger partial charge is 0.225 e. The first kappa shape index (κ1) is 13.9. The molecule has 0 unspecified atom stereocenters. The zero-order valence-electron chi connectivity index (χ0n) is 11.0. The minimum Gasteiger partial charge on any atom is -0.343 e. The first-order valence-electron chi connectivity index (χ1n) is 6.14. The maximum absolute atomic E-state index is 5.12. The van der Waals surface area contributed by atoms with Crippen molar-refractivity contribution in [3.05, 3.63) is 4.77 Å². The molecule has 5 nitrogen and oxygen atoms in total. The van der Waals surface area contributed by atoms with Crippen molar-refractivity contribution in [3.8, 4) is 0 Å². The van der Waals surface area contributed by atoms with E-state index in [4.69, 9.17) is 12.2 Å². The lowest BCUT2D eigenvalue weighted by Crippen LogP contribution is -2.28. The van der Waals surface area contributed by atoms with E-state index in [0.29, 0.717) is 4.77 Å². The molecule has 0 bridgehead atoms. The molecule has 1 aromatic rings. The van der Waals surface area contributed by atoms with Crippen LogP contribution in [0.25, 0.3) is 0 Å². The number of aromatic nitrogens is 3. The van der Waals surface area contributed by atoms with Crippen LogP contribution in [0.3, 0.4) is 0 Å². The average molecular weight is 255 g/mol. The number of hydrogen-bond donors (Lipinski definition) is 1. The molecule has 0 aliphatic carbocycles. The molecule has 0 aliphatic rings. The van der Waals surface area contributed by atoms with Gasteiger partial charge in [0.05, 0.1) is 0 Å². The van der Waals surface area contributed by atoms with Gasteiger partial charge < -0.3 is 9.80 Å². The van der Waals surface area contributed by atoms with Gasteiger partial charge >= 0.3 is 0 Å². The van der Waals surface area contributed by atoms with Crippen LogP contribution in [0.5, 0.6) is 0 Å². The van der Waals surface area contributed by atoms with E-state index in [1.807, 2.05) is 0 Å². The SMILES string of the molecule is CCN(CC)c1nc(=S)nc(N(CC)CC)[nH]1. The van der Waals surface area contributed by atoms with Crippen molar-refractivity contribution in [2.45, 2.75) is 27.7 Å². The highest BCUT2D eigenvalue weighted by molar-refractivity contribution is 7.71. The molecule has 0 aromatic carbocycles. The highest BCUT2D eigenvalue weighted by Gasteiger charge is 2.09. The number of hydrogen-bond acceptors (Lipinski definition) is 5. The van der Waals surface area contributed by atoms with Gasteiger partial charge in [-0.05, 0) is 39.9 Å². The fraction of sp³-hybridized carbons (Fsp3) is 0.727. The van der Waals surface area contributed by atoms with Crippen LogP contribution in [0.1, 0.15) is 27.7 Å². The summed E-state index contributed by atoms with van der Waals surface area (Å²) >= 11 is 5.12. The maximum atomic E-state index is 5.12. The van der Waals surface area contributed by atoms with Crippen LogP contribution in [0.2, 0.25) is 0 Å². The van der Waals surface area contributed by atoms with Crippen LogP contribution in [0.4, 0.5) is 11.9 Å². The fourth-order valence-electron chi connectivity index (χ4n) is 1.71. The van der Waals surface area contributed by atoms with Crippen molar-refractivity contribution in [2.24, 2.45) is 0 Å². The predicted molar refractivity (Wildman–Crippen MR) is 74.3 cm³/mol. The second-order valence-electron chi connectivity index (χ2n) is 3.62. The van der Waals surface area contributed by atoms with Crippen molar-refractivity contribution >= 4 is 24.1 Å². The Kier molecular flexibility index (Phi) is 5.34. The molecule has 0 aliphatic heterocycles. The summed E-state index contributed by atoms with van der Waals surface area (Å²) in [5.41, 5.74) is 0. The van der Waals surface area contributed by atoms with E-state index in [0.717, 1.165) is 38.1 Å². The monoisotopic (exact) mass is 255 g/mol. The molecular weight excluding hydrogens is 234 g/mol. The van der Waals surface area contributed by atoms with E-state index in [-0.39, 0.29) is 0 Å². The molecule has 1 aromatic heterocycles. The molecule has 96 valence electrons. The summed E-state index contributed by atoms with van der Waals surface area (Å²) < 4.78 is 0.396. The van der Waals surface area contributed by atoms with Gasteiger partial charge in [0, 0.05) is 26.2 Å². The Morgan fingerprint density at radius 3 is 1.53 bits per heavy atom. The highest BCUT2D eigenvalue weighted by Crippen LogP contribution is 2.12. The van der Waals surface area contributed by atoms with E-state index in [1.165, 1.54) is 0 Å². The van der Waals surface area contributed by atoms with Gasteiger partial charge in [-0.2, -0.15) is 9.97 Å². The number of nitrogens with zero attached hydrogens (tertiary/aromatic N) is 4. The van der Waals surface area contributed by atoms with E-state index in [2.05, 4.69) is 52.4 Å². The Morgan fingerprint density at radius 2 is 1.24 bits per heavy atom. The van der Waals surface area contributed by atoms with E-state index >= 15 is 0 Å². The number of nitrogens with one attached hydrogen (secondary N) is 1. The quantitative estimate of drug-likeness (QED) is 0.790. The van der Waals surface area contributed by atoms with Crippen LogP contribution in [0, 0.1) is 4.77 Å². The largest absolute Gasteiger partial charge is 0.343 e. The average Bonchev–Trinajstić information content (AvgIpc) is 2.31. The first-order chi connectivity index (χ1) is 8.15. The van der Waals surface area contributed by atoms with Crippen molar-refractivity contribution in [3.63, 3.8) is 0 Å². The van der Waals surface area contributed by atoms with Crippen LogP contribution in [-0.4, -0.2) is 41.1 Å². The summed E-state index contributed by atoms with van der Waals surface area (Å²) in [5.74, 6) is 1.61. The molecule has 0 radical (unpaired) electrons. The van der Waals surface area contributed by atoms with Gasteiger partial charge in [0.2, 0.25) is 16.7 Å². The molecule has 1 heterocycles. The van der Waals surface area contributed by atoms with Gasteiger partial charge in [-0.3, -0.25) is 4.98 Å². The van der Waals surface area contributed by atoms with Crippen molar-refractivity contribution in [2.75, 3.05) is 36.0 Å². The Morgan fingerprint density at radius 1 is 0.882 bits per heavy atom. The summed E-state index contributed by atoms with van der Waals surface area (Å²) in [7, 11) is 0. The summed E-state index contributed by atoms with van der Waals surface area (Å²) in [6.07, 6.45) is 0. The van der Waals surface area contributed by atoms with E-state index < -0.39 is 0 Å². The minimum absolute atomic E-state index is 0.396. The zero-order valence-corrected chi connectivity index (χ0v) is 11.8. The number of H-pyrrole nitrogens is 1. The third-order valence-corrected chi connectivity index (χ3v) is 2.94. The van der Waals surface area contributed by atoms with E-state index in [9.17, 15) is 0 Å². The Labute approximate surface area is 108 Å². The second-order valence-corrected chi connectivity index (χ2v) is 3.99. The Bertz CT molecular complexity index is 362. The van der Waals surface area contributed by atoms with Gasteiger partial charge in [0.1, 0.15) is 0 Å². The van der Waals surface area contributed by atoms with Crippen molar-refractivity contribution in [1.82, 2.24) is 15.0 Å². The summed E-state index contributed by atoms with van der Waals surface area (Å²) in [5, 5.41) is 0.